The van der Waals surface area contributed by atoms with E-state index in [0.717, 1.165) is 77.2 Å². The van der Waals surface area contributed by atoms with Crippen molar-refractivity contribution in [3.63, 3.8) is 0 Å². The van der Waals surface area contributed by atoms with Crippen LogP contribution < -0.4 is 0 Å². The van der Waals surface area contributed by atoms with E-state index in [0.29, 0.717) is 18.2 Å². The van der Waals surface area contributed by atoms with E-state index in [2.05, 4.69) is 119 Å². The predicted octanol–water partition coefficient (Wildman–Crippen LogP) is 11.4. The van der Waals surface area contributed by atoms with Crippen LogP contribution in [0.4, 0.5) is 0 Å². The molecule has 242 valence electrons. The first-order chi connectivity index (χ1) is 25.3. The minimum absolute atomic E-state index is 0.457. The molecular weight excluding hydrogens is 625 g/mol. The maximum atomic E-state index is 6.56. The van der Waals surface area contributed by atoms with Crippen LogP contribution in [-0.4, -0.2) is 23.0 Å². The number of rotatable bonds is 6. The van der Waals surface area contributed by atoms with Crippen molar-refractivity contribution in [1.82, 2.24) is 4.57 Å². The van der Waals surface area contributed by atoms with Crippen LogP contribution in [0.25, 0.3) is 60.6 Å². The normalized spacial score (nSPS) is 12.3. The molecule has 0 saturated heterocycles. The summed E-state index contributed by atoms with van der Waals surface area (Å²) >= 11 is 0. The number of amidine groups is 2. The Morgan fingerprint density at radius 3 is 2.02 bits per heavy atom. The molecule has 5 nitrogen and oxygen atoms in total. The second kappa shape index (κ2) is 12.9. The number of furan rings is 1. The Hall–Kier alpha value is -6.85. The van der Waals surface area contributed by atoms with E-state index < -0.39 is 0 Å². The lowest BCUT2D eigenvalue weighted by Crippen LogP contribution is -2.09. The maximum absolute atomic E-state index is 6.56. The van der Waals surface area contributed by atoms with Crippen molar-refractivity contribution in [2.75, 3.05) is 0 Å². The average molecular weight is 657 g/mol. The first-order valence-electron chi connectivity index (χ1n) is 17.0. The summed E-state index contributed by atoms with van der Waals surface area (Å²) in [7, 11) is 0. The van der Waals surface area contributed by atoms with Crippen LogP contribution in [0.1, 0.15) is 16.7 Å². The molecular formula is C46H32N4O. The number of para-hydroxylation sites is 3. The van der Waals surface area contributed by atoms with Crippen LogP contribution in [0.3, 0.4) is 0 Å². The predicted molar refractivity (Wildman–Crippen MR) is 213 cm³/mol. The lowest BCUT2D eigenvalue weighted by molar-refractivity contribution is 0.673. The van der Waals surface area contributed by atoms with Crippen molar-refractivity contribution in [2.24, 2.45) is 15.0 Å². The minimum atomic E-state index is 0.457. The largest absolute Gasteiger partial charge is 0.455 e. The molecule has 0 amide bonds. The molecule has 2 aromatic heterocycles. The molecule has 9 aromatic rings. The van der Waals surface area contributed by atoms with E-state index in [4.69, 9.17) is 14.4 Å². The third-order valence-electron chi connectivity index (χ3n) is 9.43. The van der Waals surface area contributed by atoms with E-state index >= 15 is 0 Å². The van der Waals surface area contributed by atoms with E-state index in [1.807, 2.05) is 66.7 Å². The molecule has 5 heteroatoms. The van der Waals surface area contributed by atoms with E-state index in [-0.39, 0.29) is 0 Å². The van der Waals surface area contributed by atoms with E-state index in [1.54, 1.807) is 0 Å². The zero-order chi connectivity index (χ0) is 34.1. The molecule has 0 aliphatic carbocycles. The Kier molecular flexibility index (Phi) is 7.63. The Labute approximate surface area is 295 Å². The summed E-state index contributed by atoms with van der Waals surface area (Å²) in [6.45, 7) is 4.39. The molecule has 7 aromatic carbocycles. The smallest absolute Gasteiger partial charge is 0.161 e. The van der Waals surface area contributed by atoms with Gasteiger partial charge < -0.3 is 8.98 Å². The second-order valence-electron chi connectivity index (χ2n) is 12.5. The fourth-order valence-corrected chi connectivity index (χ4v) is 7.02. The van der Waals surface area contributed by atoms with Gasteiger partial charge in [0.15, 0.2) is 11.7 Å². The Balaban J connectivity index is 1.24. The lowest BCUT2D eigenvalue weighted by atomic mass is 10.0. The van der Waals surface area contributed by atoms with Gasteiger partial charge in [-0.05, 0) is 59.8 Å². The third kappa shape index (κ3) is 5.42. The summed E-state index contributed by atoms with van der Waals surface area (Å²) < 4.78 is 8.86. The quantitative estimate of drug-likeness (QED) is 0.130. The number of hydrogen-bond donors (Lipinski definition) is 0. The van der Waals surface area contributed by atoms with Gasteiger partial charge in [-0.25, -0.2) is 9.98 Å². The second-order valence-corrected chi connectivity index (χ2v) is 12.5. The van der Waals surface area contributed by atoms with Crippen molar-refractivity contribution in [3.05, 3.63) is 187 Å². The fraction of sp³-hybridized carbons (Fsp3) is 0.0217. The van der Waals surface area contributed by atoms with Gasteiger partial charge in [-0.15, -0.1) is 0 Å². The molecule has 0 radical (unpaired) electrons. The zero-order valence-corrected chi connectivity index (χ0v) is 27.8. The average Bonchev–Trinajstić information content (AvgIpc) is 3.75. The first-order valence-corrected chi connectivity index (χ1v) is 17.0. The van der Waals surface area contributed by atoms with Gasteiger partial charge in [0.1, 0.15) is 11.2 Å². The molecule has 0 spiro atoms. The zero-order valence-electron chi connectivity index (χ0n) is 27.8. The number of benzene rings is 7. The van der Waals surface area contributed by atoms with Crippen LogP contribution in [0.5, 0.6) is 0 Å². The fourth-order valence-electron chi connectivity index (χ4n) is 7.02. The van der Waals surface area contributed by atoms with Crippen molar-refractivity contribution >= 4 is 62.1 Å². The molecule has 0 atom stereocenters. The summed E-state index contributed by atoms with van der Waals surface area (Å²) in [6.07, 6.45) is 0. The van der Waals surface area contributed by atoms with E-state index in [9.17, 15) is 0 Å². The molecule has 2 heterocycles. The number of fused-ring (bicyclic) bond motifs is 7. The standard InChI is InChI=1S/C46H32N4O/c1-47-45(34-26-24-33(25-27-34)32-16-6-3-7-17-32)49-46(48-30-31-14-4-2-5-15-31)38-20-9-12-22-40(38)50-39-21-11-8-19-37(39)43-41(50)29-28-36-35-18-10-13-23-42(35)51-44(36)43/h2-29H,1,30H2. The van der Waals surface area contributed by atoms with Gasteiger partial charge in [0.25, 0.3) is 0 Å². The maximum Gasteiger partial charge on any atom is 0.161 e. The molecule has 0 N–H and O–H groups in total. The first kappa shape index (κ1) is 30.2. The number of aromatic nitrogens is 1. The Morgan fingerprint density at radius 2 is 1.22 bits per heavy atom. The van der Waals surface area contributed by atoms with Crippen LogP contribution in [0, 0.1) is 0 Å². The summed E-state index contributed by atoms with van der Waals surface area (Å²) in [5.74, 6) is 1.07. The van der Waals surface area contributed by atoms with Crippen LogP contribution in [-0.2, 0) is 6.54 Å². The van der Waals surface area contributed by atoms with Crippen molar-refractivity contribution in [3.8, 4) is 16.8 Å². The molecule has 0 aliphatic heterocycles. The van der Waals surface area contributed by atoms with Crippen molar-refractivity contribution < 1.29 is 4.42 Å². The van der Waals surface area contributed by atoms with Crippen molar-refractivity contribution in [1.29, 1.82) is 0 Å². The van der Waals surface area contributed by atoms with Gasteiger partial charge in [0.05, 0.1) is 28.7 Å². The summed E-state index contributed by atoms with van der Waals surface area (Å²) in [5.41, 5.74) is 9.93. The van der Waals surface area contributed by atoms with Gasteiger partial charge >= 0.3 is 0 Å². The Bertz CT molecular complexity index is 2770. The molecule has 51 heavy (non-hydrogen) atoms. The summed E-state index contributed by atoms with van der Waals surface area (Å²) in [5, 5.41) is 4.40. The third-order valence-corrected chi connectivity index (χ3v) is 9.43. The Morgan fingerprint density at radius 1 is 0.549 bits per heavy atom. The topological polar surface area (TPSA) is 55.1 Å². The lowest BCUT2D eigenvalue weighted by Gasteiger charge is -2.14. The highest BCUT2D eigenvalue weighted by Gasteiger charge is 2.21. The van der Waals surface area contributed by atoms with Gasteiger partial charge in [0, 0.05) is 27.3 Å². The van der Waals surface area contributed by atoms with Crippen LogP contribution in [0.2, 0.25) is 0 Å². The number of hydrogen-bond acceptors (Lipinski definition) is 2. The van der Waals surface area contributed by atoms with Crippen LogP contribution >= 0.6 is 0 Å². The van der Waals surface area contributed by atoms with Gasteiger partial charge in [0.2, 0.25) is 0 Å². The highest BCUT2D eigenvalue weighted by atomic mass is 16.3. The number of aliphatic imine (C=N–C) groups is 3. The van der Waals surface area contributed by atoms with Crippen LogP contribution in [0.15, 0.2) is 189 Å². The van der Waals surface area contributed by atoms with Gasteiger partial charge in [-0.1, -0.05) is 133 Å². The SMILES string of the molecule is C=NC(=NC(=NCc1ccccc1)c1ccccc1-n1c2ccccc2c2c3oc4ccccc4c3ccc21)c1ccc(-c2ccccc2)cc1. The molecule has 0 fully saturated rings. The molecule has 0 saturated carbocycles. The molecule has 0 bridgehead atoms. The monoisotopic (exact) mass is 656 g/mol. The molecule has 0 aliphatic rings. The summed E-state index contributed by atoms with van der Waals surface area (Å²) in [4.78, 5) is 14.8. The highest BCUT2D eigenvalue weighted by Crippen LogP contribution is 2.41. The highest BCUT2D eigenvalue weighted by molar-refractivity contribution is 6.24. The van der Waals surface area contributed by atoms with Crippen molar-refractivity contribution in [2.45, 2.75) is 6.54 Å². The number of nitrogens with zero attached hydrogens (tertiary/aromatic N) is 4. The summed E-state index contributed by atoms with van der Waals surface area (Å²) in [6, 6.07) is 58.3. The minimum Gasteiger partial charge on any atom is -0.455 e. The van der Waals surface area contributed by atoms with E-state index in [1.165, 1.54) is 0 Å². The van der Waals surface area contributed by atoms with Gasteiger partial charge in [-0.2, -0.15) is 0 Å². The van der Waals surface area contributed by atoms with Gasteiger partial charge in [-0.3, -0.25) is 4.99 Å². The molecule has 0 unspecified atom stereocenters. The molecule has 9 rings (SSSR count).